The van der Waals surface area contributed by atoms with Crippen molar-refractivity contribution in [1.82, 2.24) is 0 Å². The number of nitriles is 1. The van der Waals surface area contributed by atoms with E-state index < -0.39 is 0 Å². The molecule has 0 amide bonds. The Bertz CT molecular complexity index is 398. The number of hydrogen-bond acceptors (Lipinski definition) is 3. The fraction of sp³-hybridized carbons (Fsp3) is 0.417. The lowest BCUT2D eigenvalue weighted by molar-refractivity contribution is 0.687. The minimum atomic E-state index is 0.0126. The van der Waals surface area contributed by atoms with Crippen LogP contribution >= 0.6 is 22.6 Å². The lowest BCUT2D eigenvalue weighted by atomic mass is 10.1. The van der Waals surface area contributed by atoms with Gasteiger partial charge < -0.3 is 10.6 Å². The zero-order valence-corrected chi connectivity index (χ0v) is 11.7. The van der Waals surface area contributed by atoms with Crippen molar-refractivity contribution in [3.05, 3.63) is 21.8 Å². The number of hydrogen-bond donors (Lipinski definition) is 1. The van der Waals surface area contributed by atoms with Crippen LogP contribution in [0.2, 0.25) is 0 Å². The molecule has 1 aromatic rings. The topological polar surface area (TPSA) is 53.0 Å². The average molecular weight is 329 g/mol. The Morgan fingerprint density at radius 2 is 2.25 bits per heavy atom. The highest BCUT2D eigenvalue weighted by Gasteiger charge is 2.11. The summed E-state index contributed by atoms with van der Waals surface area (Å²) in [6.07, 6.45) is 0. The maximum absolute atomic E-state index is 8.83. The van der Waals surface area contributed by atoms with E-state index in [1.165, 1.54) is 0 Å². The summed E-state index contributed by atoms with van der Waals surface area (Å²) in [4.78, 5) is 2.14. The van der Waals surface area contributed by atoms with Crippen LogP contribution < -0.4 is 10.6 Å². The summed E-state index contributed by atoms with van der Waals surface area (Å²) in [6, 6.07) is 8.25. The van der Waals surface area contributed by atoms with Crippen LogP contribution in [-0.2, 0) is 0 Å². The van der Waals surface area contributed by atoms with Gasteiger partial charge in [-0.15, -0.1) is 0 Å². The number of halogens is 1. The Balaban J connectivity index is 2.91. The molecule has 0 aliphatic carbocycles. The zero-order chi connectivity index (χ0) is 12.1. The van der Waals surface area contributed by atoms with Gasteiger partial charge in [-0.05, 0) is 54.6 Å². The summed E-state index contributed by atoms with van der Waals surface area (Å²) in [5, 5.41) is 8.83. The van der Waals surface area contributed by atoms with Gasteiger partial charge in [-0.25, -0.2) is 0 Å². The van der Waals surface area contributed by atoms with E-state index in [2.05, 4.69) is 40.5 Å². The highest BCUT2D eigenvalue weighted by Crippen LogP contribution is 2.25. The molecule has 0 aromatic heterocycles. The van der Waals surface area contributed by atoms with E-state index in [0.717, 1.165) is 28.0 Å². The fourth-order valence-electron chi connectivity index (χ4n) is 1.58. The number of rotatable bonds is 4. The molecule has 0 heterocycles. The number of benzene rings is 1. The highest BCUT2D eigenvalue weighted by molar-refractivity contribution is 14.1. The third-order valence-corrected chi connectivity index (χ3v) is 3.10. The van der Waals surface area contributed by atoms with Crippen molar-refractivity contribution in [1.29, 1.82) is 5.26 Å². The van der Waals surface area contributed by atoms with Gasteiger partial charge in [0.1, 0.15) is 0 Å². The number of anilines is 2. The molecule has 1 aromatic carbocycles. The minimum absolute atomic E-state index is 0.0126. The van der Waals surface area contributed by atoms with Crippen molar-refractivity contribution in [2.75, 3.05) is 23.7 Å². The normalized spacial score (nSPS) is 11.9. The molecule has 0 saturated carbocycles. The Kier molecular flexibility index (Phi) is 4.87. The lowest BCUT2D eigenvalue weighted by Crippen LogP contribution is -2.28. The standard InChI is InChI=1S/C12H16IN3/c1-3-16(8-9(2)7-14)12-5-4-10(13)6-11(12)15/h4-6,9H,3,8,15H2,1-2H3. The van der Waals surface area contributed by atoms with Gasteiger partial charge in [0.15, 0.2) is 0 Å². The van der Waals surface area contributed by atoms with E-state index in [9.17, 15) is 0 Å². The Morgan fingerprint density at radius 3 is 2.75 bits per heavy atom. The zero-order valence-electron chi connectivity index (χ0n) is 9.57. The summed E-state index contributed by atoms with van der Waals surface area (Å²) in [5.74, 6) is 0.0126. The van der Waals surface area contributed by atoms with Crippen LogP contribution in [0.3, 0.4) is 0 Å². The molecule has 0 spiro atoms. The smallest absolute Gasteiger partial charge is 0.0671 e. The van der Waals surface area contributed by atoms with Gasteiger partial charge in [0.2, 0.25) is 0 Å². The number of nitrogen functional groups attached to an aromatic ring is 1. The summed E-state index contributed by atoms with van der Waals surface area (Å²) >= 11 is 2.24. The van der Waals surface area contributed by atoms with E-state index in [1.807, 2.05) is 25.1 Å². The predicted octanol–water partition coefficient (Wildman–Crippen LogP) is 2.86. The molecule has 2 N–H and O–H groups in total. The molecular formula is C12H16IN3. The Hall–Kier alpha value is -0.960. The van der Waals surface area contributed by atoms with E-state index in [4.69, 9.17) is 11.0 Å². The summed E-state index contributed by atoms with van der Waals surface area (Å²) < 4.78 is 1.13. The molecule has 0 bridgehead atoms. The van der Waals surface area contributed by atoms with Crippen LogP contribution in [0.4, 0.5) is 11.4 Å². The predicted molar refractivity (Wildman–Crippen MR) is 76.2 cm³/mol. The fourth-order valence-corrected chi connectivity index (χ4v) is 2.10. The molecule has 16 heavy (non-hydrogen) atoms. The molecule has 86 valence electrons. The maximum Gasteiger partial charge on any atom is 0.0671 e. The van der Waals surface area contributed by atoms with Crippen LogP contribution in [0, 0.1) is 20.8 Å². The van der Waals surface area contributed by atoms with Gasteiger partial charge in [0.25, 0.3) is 0 Å². The quantitative estimate of drug-likeness (QED) is 0.683. The molecule has 0 radical (unpaired) electrons. The van der Waals surface area contributed by atoms with Gasteiger partial charge in [-0.1, -0.05) is 0 Å². The van der Waals surface area contributed by atoms with Gasteiger partial charge in [-0.3, -0.25) is 0 Å². The molecule has 1 atom stereocenters. The first-order valence-corrected chi connectivity index (χ1v) is 6.36. The third-order valence-electron chi connectivity index (χ3n) is 2.43. The lowest BCUT2D eigenvalue weighted by Gasteiger charge is -2.25. The van der Waals surface area contributed by atoms with Gasteiger partial charge in [-0.2, -0.15) is 5.26 Å². The molecule has 0 fully saturated rings. The van der Waals surface area contributed by atoms with E-state index in [0.29, 0.717) is 0 Å². The van der Waals surface area contributed by atoms with Gasteiger partial charge in [0, 0.05) is 16.7 Å². The number of nitrogens with two attached hydrogens (primary N) is 1. The van der Waals surface area contributed by atoms with Crippen molar-refractivity contribution in [3.8, 4) is 6.07 Å². The van der Waals surface area contributed by atoms with Gasteiger partial charge in [0.05, 0.1) is 23.4 Å². The van der Waals surface area contributed by atoms with E-state index in [-0.39, 0.29) is 5.92 Å². The van der Waals surface area contributed by atoms with Crippen molar-refractivity contribution in [2.45, 2.75) is 13.8 Å². The van der Waals surface area contributed by atoms with Crippen LogP contribution in [0.5, 0.6) is 0 Å². The summed E-state index contributed by atoms with van der Waals surface area (Å²) in [5.41, 5.74) is 7.78. The molecule has 0 aliphatic rings. The van der Waals surface area contributed by atoms with Crippen molar-refractivity contribution >= 4 is 34.0 Å². The molecule has 1 unspecified atom stereocenters. The van der Waals surface area contributed by atoms with E-state index >= 15 is 0 Å². The van der Waals surface area contributed by atoms with Crippen molar-refractivity contribution in [3.63, 3.8) is 0 Å². The Morgan fingerprint density at radius 1 is 1.56 bits per heavy atom. The molecule has 0 aliphatic heterocycles. The van der Waals surface area contributed by atoms with Gasteiger partial charge >= 0.3 is 0 Å². The third kappa shape index (κ3) is 3.27. The summed E-state index contributed by atoms with van der Waals surface area (Å²) in [7, 11) is 0. The molecule has 0 saturated heterocycles. The van der Waals surface area contributed by atoms with Crippen LogP contribution in [0.15, 0.2) is 18.2 Å². The molecule has 4 heteroatoms. The number of nitrogens with zero attached hydrogens (tertiary/aromatic N) is 2. The average Bonchev–Trinajstić information content (AvgIpc) is 2.26. The first-order valence-electron chi connectivity index (χ1n) is 5.28. The second kappa shape index (κ2) is 5.94. The van der Waals surface area contributed by atoms with Crippen molar-refractivity contribution in [2.24, 2.45) is 5.92 Å². The van der Waals surface area contributed by atoms with E-state index in [1.54, 1.807) is 0 Å². The highest BCUT2D eigenvalue weighted by atomic mass is 127. The first kappa shape index (κ1) is 13.1. The Labute approximate surface area is 110 Å². The second-order valence-electron chi connectivity index (χ2n) is 3.77. The largest absolute Gasteiger partial charge is 0.397 e. The van der Waals surface area contributed by atoms with Crippen LogP contribution in [0.1, 0.15) is 13.8 Å². The van der Waals surface area contributed by atoms with Crippen LogP contribution in [-0.4, -0.2) is 13.1 Å². The second-order valence-corrected chi connectivity index (χ2v) is 5.02. The molecular weight excluding hydrogens is 313 g/mol. The SMILES string of the molecule is CCN(CC(C)C#N)c1ccc(I)cc1N. The molecule has 1 rings (SSSR count). The minimum Gasteiger partial charge on any atom is -0.397 e. The monoisotopic (exact) mass is 329 g/mol. The first-order chi connectivity index (χ1) is 7.58. The van der Waals surface area contributed by atoms with Crippen LogP contribution in [0.25, 0.3) is 0 Å². The maximum atomic E-state index is 8.83. The summed E-state index contributed by atoms with van der Waals surface area (Å²) in [6.45, 7) is 5.57. The molecule has 3 nitrogen and oxygen atoms in total. The van der Waals surface area contributed by atoms with Crippen molar-refractivity contribution < 1.29 is 0 Å².